The van der Waals surface area contributed by atoms with E-state index in [9.17, 15) is 4.39 Å². The van der Waals surface area contributed by atoms with Gasteiger partial charge in [-0.2, -0.15) is 0 Å². The molecule has 0 heterocycles. The van der Waals surface area contributed by atoms with Crippen molar-refractivity contribution in [3.05, 3.63) is 65.5 Å². The van der Waals surface area contributed by atoms with Gasteiger partial charge in [0.25, 0.3) is 0 Å². The normalized spacial score (nSPS) is 11.0. The van der Waals surface area contributed by atoms with E-state index < -0.39 is 0 Å². The van der Waals surface area contributed by atoms with Crippen LogP contribution in [0.1, 0.15) is 25.0 Å². The van der Waals surface area contributed by atoms with E-state index in [0.29, 0.717) is 11.8 Å². The summed E-state index contributed by atoms with van der Waals surface area (Å²) in [5, 5.41) is 3.39. The molecule has 0 bridgehead atoms. The van der Waals surface area contributed by atoms with E-state index >= 15 is 0 Å². The van der Waals surface area contributed by atoms with Gasteiger partial charge in [-0.1, -0.05) is 44.2 Å². The lowest BCUT2D eigenvalue weighted by Gasteiger charge is -2.09. The zero-order chi connectivity index (χ0) is 14.4. The van der Waals surface area contributed by atoms with Crippen LogP contribution in [0.15, 0.2) is 53.4 Å². The molecule has 1 nitrogen and oxygen atoms in total. The van der Waals surface area contributed by atoms with E-state index in [2.05, 4.69) is 43.4 Å². The first kappa shape index (κ1) is 15.1. The van der Waals surface area contributed by atoms with E-state index in [-0.39, 0.29) is 5.82 Å². The minimum atomic E-state index is -0.127. The van der Waals surface area contributed by atoms with Gasteiger partial charge in [0.05, 0.1) is 0 Å². The molecular weight excluding hydrogens is 269 g/mol. The Bertz CT molecular complexity index is 537. The number of hydrogen-bond donors (Lipinski definition) is 1. The predicted molar refractivity (Wildman–Crippen MR) is 84.4 cm³/mol. The van der Waals surface area contributed by atoms with Gasteiger partial charge in [-0.25, -0.2) is 4.39 Å². The number of rotatable bonds is 6. The van der Waals surface area contributed by atoms with E-state index in [1.165, 1.54) is 16.5 Å². The summed E-state index contributed by atoms with van der Waals surface area (Å²) in [6.45, 7) is 5.16. The number of halogens is 1. The monoisotopic (exact) mass is 289 g/mol. The summed E-state index contributed by atoms with van der Waals surface area (Å²) < 4.78 is 13.5. The van der Waals surface area contributed by atoms with E-state index in [1.807, 2.05) is 12.1 Å². The lowest BCUT2D eigenvalue weighted by molar-refractivity contribution is 0.588. The Morgan fingerprint density at radius 3 is 2.40 bits per heavy atom. The SMILES string of the molecule is CC(C)NCc1ccc(SCc2ccccc2F)cc1. The second-order valence-corrected chi connectivity index (χ2v) is 6.11. The molecule has 2 rings (SSSR count). The molecule has 0 aliphatic carbocycles. The van der Waals surface area contributed by atoms with Crippen molar-refractivity contribution < 1.29 is 4.39 Å². The molecule has 0 amide bonds. The first-order chi connectivity index (χ1) is 9.65. The Hall–Kier alpha value is -1.32. The Kier molecular flexibility index (Phi) is 5.62. The lowest BCUT2D eigenvalue weighted by atomic mass is 10.2. The number of nitrogens with one attached hydrogen (secondary N) is 1. The van der Waals surface area contributed by atoms with Crippen LogP contribution in [0.2, 0.25) is 0 Å². The third kappa shape index (κ3) is 4.66. The van der Waals surface area contributed by atoms with Crippen molar-refractivity contribution in [2.45, 2.75) is 37.1 Å². The number of benzene rings is 2. The van der Waals surface area contributed by atoms with Crippen LogP contribution in [0, 0.1) is 5.82 Å². The van der Waals surface area contributed by atoms with Gasteiger partial charge in [0.15, 0.2) is 0 Å². The molecule has 0 aromatic heterocycles. The van der Waals surface area contributed by atoms with Gasteiger partial charge < -0.3 is 5.32 Å². The second kappa shape index (κ2) is 7.46. The fourth-order valence-corrected chi connectivity index (χ4v) is 2.69. The summed E-state index contributed by atoms with van der Waals surface area (Å²) in [6, 6.07) is 15.9. The van der Waals surface area contributed by atoms with Crippen LogP contribution in [-0.4, -0.2) is 6.04 Å². The lowest BCUT2D eigenvalue weighted by Crippen LogP contribution is -2.21. The first-order valence-corrected chi connectivity index (χ1v) is 7.82. The van der Waals surface area contributed by atoms with Crippen molar-refractivity contribution in [2.24, 2.45) is 0 Å². The van der Waals surface area contributed by atoms with Crippen LogP contribution in [0.25, 0.3) is 0 Å². The topological polar surface area (TPSA) is 12.0 Å². The van der Waals surface area contributed by atoms with Gasteiger partial charge in [-0.15, -0.1) is 11.8 Å². The quantitative estimate of drug-likeness (QED) is 0.779. The van der Waals surface area contributed by atoms with Crippen LogP contribution < -0.4 is 5.32 Å². The van der Waals surface area contributed by atoms with Crippen molar-refractivity contribution in [3.63, 3.8) is 0 Å². The molecule has 0 aliphatic rings. The van der Waals surface area contributed by atoms with Gasteiger partial charge in [-0.3, -0.25) is 0 Å². The third-order valence-electron chi connectivity index (χ3n) is 2.99. The van der Waals surface area contributed by atoms with Crippen molar-refractivity contribution in [1.29, 1.82) is 0 Å². The summed E-state index contributed by atoms with van der Waals surface area (Å²) >= 11 is 1.66. The standard InChI is InChI=1S/C17H20FNS/c1-13(2)19-11-14-7-9-16(10-8-14)20-12-15-5-3-4-6-17(15)18/h3-10,13,19H,11-12H2,1-2H3. The van der Waals surface area contributed by atoms with E-state index in [0.717, 1.165) is 12.1 Å². The maximum atomic E-state index is 13.5. The Labute approximate surface area is 124 Å². The molecule has 2 aromatic carbocycles. The zero-order valence-corrected chi connectivity index (χ0v) is 12.7. The average molecular weight is 289 g/mol. The summed E-state index contributed by atoms with van der Waals surface area (Å²) in [7, 11) is 0. The number of hydrogen-bond acceptors (Lipinski definition) is 2. The first-order valence-electron chi connectivity index (χ1n) is 6.83. The Balaban J connectivity index is 1.89. The van der Waals surface area contributed by atoms with E-state index in [4.69, 9.17) is 0 Å². The highest BCUT2D eigenvalue weighted by Gasteiger charge is 2.02. The summed E-state index contributed by atoms with van der Waals surface area (Å²) in [5.41, 5.74) is 2.02. The molecule has 0 saturated heterocycles. The molecular formula is C17H20FNS. The van der Waals surface area contributed by atoms with Crippen LogP contribution in [-0.2, 0) is 12.3 Å². The molecule has 0 atom stereocenters. The molecule has 0 radical (unpaired) electrons. The fourth-order valence-electron chi connectivity index (χ4n) is 1.80. The molecule has 0 unspecified atom stereocenters. The smallest absolute Gasteiger partial charge is 0.127 e. The number of thioether (sulfide) groups is 1. The highest BCUT2D eigenvalue weighted by atomic mass is 32.2. The molecule has 2 aromatic rings. The van der Waals surface area contributed by atoms with Crippen LogP contribution in [0.5, 0.6) is 0 Å². The molecule has 0 spiro atoms. The largest absolute Gasteiger partial charge is 0.310 e. The minimum absolute atomic E-state index is 0.127. The maximum Gasteiger partial charge on any atom is 0.127 e. The van der Waals surface area contributed by atoms with Gasteiger partial charge in [0.2, 0.25) is 0 Å². The fraction of sp³-hybridized carbons (Fsp3) is 0.294. The molecule has 0 saturated carbocycles. The molecule has 0 fully saturated rings. The van der Waals surface area contributed by atoms with Crippen molar-refractivity contribution >= 4 is 11.8 Å². The van der Waals surface area contributed by atoms with Crippen molar-refractivity contribution in [3.8, 4) is 0 Å². The van der Waals surface area contributed by atoms with Crippen LogP contribution >= 0.6 is 11.8 Å². The average Bonchev–Trinajstić information content (AvgIpc) is 2.45. The Morgan fingerprint density at radius 1 is 1.05 bits per heavy atom. The second-order valence-electron chi connectivity index (χ2n) is 5.06. The zero-order valence-electron chi connectivity index (χ0n) is 11.9. The highest BCUT2D eigenvalue weighted by molar-refractivity contribution is 7.98. The maximum absolute atomic E-state index is 13.5. The summed E-state index contributed by atoms with van der Waals surface area (Å²) in [5.74, 6) is 0.536. The molecule has 20 heavy (non-hydrogen) atoms. The highest BCUT2D eigenvalue weighted by Crippen LogP contribution is 2.24. The molecule has 0 aliphatic heterocycles. The molecule has 3 heteroatoms. The summed E-state index contributed by atoms with van der Waals surface area (Å²) in [4.78, 5) is 1.17. The van der Waals surface area contributed by atoms with Crippen molar-refractivity contribution in [1.82, 2.24) is 5.32 Å². The minimum Gasteiger partial charge on any atom is -0.310 e. The van der Waals surface area contributed by atoms with Crippen molar-refractivity contribution in [2.75, 3.05) is 0 Å². The van der Waals surface area contributed by atoms with Gasteiger partial charge in [0, 0.05) is 23.2 Å². The Morgan fingerprint density at radius 2 is 1.75 bits per heavy atom. The predicted octanol–water partition coefficient (Wildman–Crippen LogP) is 4.62. The van der Waals surface area contributed by atoms with Gasteiger partial charge >= 0.3 is 0 Å². The molecule has 106 valence electrons. The van der Waals surface area contributed by atoms with Gasteiger partial charge in [0.1, 0.15) is 5.82 Å². The van der Waals surface area contributed by atoms with Crippen LogP contribution in [0.3, 0.4) is 0 Å². The summed E-state index contributed by atoms with van der Waals surface area (Å²) in [6.07, 6.45) is 0. The third-order valence-corrected chi connectivity index (χ3v) is 4.05. The van der Waals surface area contributed by atoms with Crippen LogP contribution in [0.4, 0.5) is 4.39 Å². The van der Waals surface area contributed by atoms with Gasteiger partial charge in [-0.05, 0) is 29.3 Å². The molecule has 1 N–H and O–H groups in total. The van der Waals surface area contributed by atoms with E-state index in [1.54, 1.807) is 17.8 Å².